The molecule has 0 aliphatic heterocycles. The van der Waals surface area contributed by atoms with E-state index in [0.717, 1.165) is 5.56 Å². The lowest BCUT2D eigenvalue weighted by Crippen LogP contribution is -1.97. The van der Waals surface area contributed by atoms with Crippen molar-refractivity contribution in [2.45, 2.75) is 10.8 Å². The van der Waals surface area contributed by atoms with Crippen LogP contribution >= 0.6 is 11.8 Å². The van der Waals surface area contributed by atoms with Crippen molar-refractivity contribution >= 4 is 17.7 Å². The van der Waals surface area contributed by atoms with Gasteiger partial charge < -0.3 is 9.84 Å². The fraction of sp³-hybridized carbons (Fsp3) is 0.143. The van der Waals surface area contributed by atoms with Crippen molar-refractivity contribution in [3.05, 3.63) is 53.5 Å². The number of benzene rings is 1. The molecule has 0 radical (unpaired) electrons. The van der Waals surface area contributed by atoms with Crippen molar-refractivity contribution in [3.63, 3.8) is 0 Å². The van der Waals surface area contributed by atoms with Gasteiger partial charge in [-0.15, -0.1) is 11.8 Å². The average Bonchev–Trinajstić information content (AvgIpc) is 2.45. The minimum absolute atomic E-state index is 0.137. The Labute approximate surface area is 119 Å². The van der Waals surface area contributed by atoms with Gasteiger partial charge in [0.25, 0.3) is 0 Å². The standard InChI is InChI=1S/C14H12FNO3S/c1-19-12-4-3-11(15)6-10(12)8-20-13-5-2-9(7-16-13)14(17)18/h2-7H,8H2,1H3,(H,17,18). The van der Waals surface area contributed by atoms with E-state index in [1.54, 1.807) is 12.1 Å². The molecule has 0 fully saturated rings. The number of halogens is 1. The molecule has 0 unspecified atom stereocenters. The summed E-state index contributed by atoms with van der Waals surface area (Å²) < 4.78 is 18.4. The summed E-state index contributed by atoms with van der Waals surface area (Å²) in [6.45, 7) is 0. The van der Waals surface area contributed by atoms with Gasteiger partial charge in [0.1, 0.15) is 11.6 Å². The fourth-order valence-electron chi connectivity index (χ4n) is 1.60. The lowest BCUT2D eigenvalue weighted by Gasteiger charge is -2.08. The van der Waals surface area contributed by atoms with Crippen LogP contribution in [0.4, 0.5) is 4.39 Å². The normalized spacial score (nSPS) is 10.3. The summed E-state index contributed by atoms with van der Waals surface area (Å²) in [7, 11) is 1.53. The molecule has 0 aliphatic carbocycles. The third-order valence-electron chi connectivity index (χ3n) is 2.60. The summed E-state index contributed by atoms with van der Waals surface area (Å²) in [6, 6.07) is 7.44. The number of aromatic nitrogens is 1. The SMILES string of the molecule is COc1ccc(F)cc1CSc1ccc(C(=O)O)cn1. The first kappa shape index (κ1) is 14.3. The number of aromatic carboxylic acids is 1. The molecule has 0 atom stereocenters. The van der Waals surface area contributed by atoms with Crippen LogP contribution in [0.5, 0.6) is 5.75 Å². The number of carbonyl (C=O) groups is 1. The van der Waals surface area contributed by atoms with Gasteiger partial charge in [-0.1, -0.05) is 0 Å². The van der Waals surface area contributed by atoms with E-state index in [0.29, 0.717) is 16.5 Å². The molecule has 4 nitrogen and oxygen atoms in total. The molecule has 1 heterocycles. The summed E-state index contributed by atoms with van der Waals surface area (Å²) in [5.74, 6) is -0.238. The van der Waals surface area contributed by atoms with Crippen LogP contribution in [0.3, 0.4) is 0 Å². The molecule has 1 N–H and O–H groups in total. The van der Waals surface area contributed by atoms with E-state index < -0.39 is 5.97 Å². The van der Waals surface area contributed by atoms with Gasteiger partial charge in [-0.05, 0) is 30.3 Å². The van der Waals surface area contributed by atoms with Gasteiger partial charge in [-0.2, -0.15) is 0 Å². The summed E-state index contributed by atoms with van der Waals surface area (Å²) in [5, 5.41) is 9.45. The molecule has 6 heteroatoms. The second-order valence-electron chi connectivity index (χ2n) is 3.94. The molecule has 0 saturated heterocycles. The first-order valence-electron chi connectivity index (χ1n) is 5.74. The molecule has 1 aromatic heterocycles. The Bertz CT molecular complexity index is 616. The number of pyridine rings is 1. The lowest BCUT2D eigenvalue weighted by molar-refractivity contribution is 0.0696. The van der Waals surface area contributed by atoms with E-state index in [9.17, 15) is 9.18 Å². The highest BCUT2D eigenvalue weighted by molar-refractivity contribution is 7.98. The van der Waals surface area contributed by atoms with Gasteiger partial charge in [0.05, 0.1) is 17.7 Å². The molecule has 0 bridgehead atoms. The highest BCUT2D eigenvalue weighted by Gasteiger charge is 2.07. The Morgan fingerprint density at radius 1 is 1.40 bits per heavy atom. The summed E-state index contributed by atoms with van der Waals surface area (Å²) in [6.07, 6.45) is 1.30. The van der Waals surface area contributed by atoms with Gasteiger partial charge in [0.2, 0.25) is 0 Å². The Morgan fingerprint density at radius 2 is 2.20 bits per heavy atom. The maximum Gasteiger partial charge on any atom is 0.337 e. The molecular weight excluding hydrogens is 281 g/mol. The number of nitrogens with zero attached hydrogens (tertiary/aromatic N) is 1. The largest absolute Gasteiger partial charge is 0.496 e. The topological polar surface area (TPSA) is 59.4 Å². The van der Waals surface area contributed by atoms with Crippen molar-refractivity contribution in [2.75, 3.05) is 7.11 Å². The number of hydrogen-bond donors (Lipinski definition) is 1. The van der Waals surface area contributed by atoms with Crippen LogP contribution in [0.25, 0.3) is 0 Å². The van der Waals surface area contributed by atoms with Crippen molar-refractivity contribution < 1.29 is 19.0 Å². The number of ether oxygens (including phenoxy) is 1. The van der Waals surface area contributed by atoms with Crippen LogP contribution in [0.2, 0.25) is 0 Å². The van der Waals surface area contributed by atoms with Crippen LogP contribution < -0.4 is 4.74 Å². The minimum Gasteiger partial charge on any atom is -0.496 e. The van der Waals surface area contributed by atoms with Crippen LogP contribution in [0, 0.1) is 5.82 Å². The van der Waals surface area contributed by atoms with Gasteiger partial charge >= 0.3 is 5.97 Å². The third-order valence-corrected chi connectivity index (χ3v) is 3.59. The number of hydrogen-bond acceptors (Lipinski definition) is 4. The smallest absolute Gasteiger partial charge is 0.337 e. The predicted octanol–water partition coefficient (Wildman–Crippen LogP) is 3.22. The van der Waals surface area contributed by atoms with E-state index in [1.807, 2.05) is 0 Å². The Morgan fingerprint density at radius 3 is 2.80 bits per heavy atom. The first-order valence-corrected chi connectivity index (χ1v) is 6.73. The highest BCUT2D eigenvalue weighted by Crippen LogP contribution is 2.27. The van der Waals surface area contributed by atoms with Gasteiger partial charge in [0.15, 0.2) is 0 Å². The molecule has 0 spiro atoms. The molecule has 0 amide bonds. The molecular formula is C14H12FNO3S. The second kappa shape index (κ2) is 6.38. The van der Waals surface area contributed by atoms with Crippen LogP contribution in [0.1, 0.15) is 15.9 Å². The number of carboxylic acid groups (broad SMARTS) is 1. The maximum absolute atomic E-state index is 13.2. The Hall–Kier alpha value is -2.08. The number of carboxylic acids is 1. The van der Waals surface area contributed by atoms with E-state index in [2.05, 4.69) is 4.98 Å². The second-order valence-corrected chi connectivity index (χ2v) is 4.93. The zero-order valence-corrected chi connectivity index (χ0v) is 11.5. The molecule has 2 aromatic rings. The highest BCUT2D eigenvalue weighted by atomic mass is 32.2. The minimum atomic E-state index is -1.01. The van der Waals surface area contributed by atoms with Crippen molar-refractivity contribution in [2.24, 2.45) is 0 Å². The molecule has 0 saturated carbocycles. The van der Waals surface area contributed by atoms with E-state index in [-0.39, 0.29) is 11.4 Å². The summed E-state index contributed by atoms with van der Waals surface area (Å²) in [4.78, 5) is 14.7. The quantitative estimate of drug-likeness (QED) is 0.858. The fourth-order valence-corrected chi connectivity index (χ4v) is 2.42. The molecule has 20 heavy (non-hydrogen) atoms. The maximum atomic E-state index is 13.2. The van der Waals surface area contributed by atoms with E-state index in [4.69, 9.17) is 9.84 Å². The lowest BCUT2D eigenvalue weighted by atomic mass is 10.2. The Balaban J connectivity index is 2.08. The van der Waals surface area contributed by atoms with E-state index >= 15 is 0 Å². The van der Waals surface area contributed by atoms with Gasteiger partial charge in [-0.25, -0.2) is 14.2 Å². The summed E-state index contributed by atoms with van der Waals surface area (Å²) in [5.41, 5.74) is 0.860. The molecule has 1 aromatic carbocycles. The average molecular weight is 293 g/mol. The van der Waals surface area contributed by atoms with Gasteiger partial charge in [-0.3, -0.25) is 0 Å². The number of thioether (sulfide) groups is 1. The van der Waals surface area contributed by atoms with E-state index in [1.165, 1.54) is 43.3 Å². The zero-order chi connectivity index (χ0) is 14.5. The molecule has 0 aliphatic rings. The van der Waals surface area contributed by atoms with Crippen molar-refractivity contribution in [1.82, 2.24) is 4.98 Å². The third kappa shape index (κ3) is 3.48. The van der Waals surface area contributed by atoms with Gasteiger partial charge in [0, 0.05) is 17.5 Å². The number of rotatable bonds is 5. The predicted molar refractivity (Wildman–Crippen MR) is 73.7 cm³/mol. The monoisotopic (exact) mass is 293 g/mol. The Kier molecular flexibility index (Phi) is 4.57. The molecule has 2 rings (SSSR count). The van der Waals surface area contributed by atoms with Crippen molar-refractivity contribution in [3.8, 4) is 5.75 Å². The van der Waals surface area contributed by atoms with Crippen LogP contribution in [-0.4, -0.2) is 23.2 Å². The number of methoxy groups -OCH3 is 1. The van der Waals surface area contributed by atoms with Crippen LogP contribution in [0.15, 0.2) is 41.6 Å². The molecule has 104 valence electrons. The van der Waals surface area contributed by atoms with Crippen LogP contribution in [-0.2, 0) is 5.75 Å². The zero-order valence-electron chi connectivity index (χ0n) is 10.7. The van der Waals surface area contributed by atoms with Crippen molar-refractivity contribution in [1.29, 1.82) is 0 Å². The summed E-state index contributed by atoms with van der Waals surface area (Å²) >= 11 is 1.38. The first-order chi connectivity index (χ1) is 9.60.